The third-order valence-corrected chi connectivity index (χ3v) is 5.50. The van der Waals surface area contributed by atoms with Gasteiger partial charge in [-0.2, -0.15) is 0 Å². The number of ether oxygens (including phenoxy) is 2. The van der Waals surface area contributed by atoms with Gasteiger partial charge in [0.05, 0.1) is 25.9 Å². The summed E-state index contributed by atoms with van der Waals surface area (Å²) in [6, 6.07) is 9.15. The number of aliphatic imine (C=N–C) groups is 1. The minimum atomic E-state index is 0. The third-order valence-electron chi connectivity index (χ3n) is 5.50. The van der Waals surface area contributed by atoms with Crippen molar-refractivity contribution in [1.82, 2.24) is 15.1 Å². The van der Waals surface area contributed by atoms with E-state index in [9.17, 15) is 0 Å². The smallest absolute Gasteiger partial charge is 0.193 e. The molecule has 6 nitrogen and oxygen atoms in total. The van der Waals surface area contributed by atoms with Gasteiger partial charge < -0.3 is 19.7 Å². The summed E-state index contributed by atoms with van der Waals surface area (Å²) in [5.74, 6) is 1.55. The monoisotopic (exact) mass is 502 g/mol. The van der Waals surface area contributed by atoms with Crippen LogP contribution in [0.15, 0.2) is 29.3 Å². The summed E-state index contributed by atoms with van der Waals surface area (Å²) in [4.78, 5) is 9.25. The van der Waals surface area contributed by atoms with E-state index >= 15 is 0 Å². The Bertz CT molecular complexity index is 616. The molecule has 1 aromatic rings. The fourth-order valence-electron chi connectivity index (χ4n) is 4.00. The number of rotatable bonds is 6. The highest BCUT2D eigenvalue weighted by Gasteiger charge is 2.24. The predicted molar refractivity (Wildman–Crippen MR) is 125 cm³/mol. The maximum absolute atomic E-state index is 5.56. The van der Waals surface area contributed by atoms with Crippen molar-refractivity contribution in [3.8, 4) is 0 Å². The van der Waals surface area contributed by atoms with Crippen molar-refractivity contribution >= 4 is 29.9 Å². The summed E-state index contributed by atoms with van der Waals surface area (Å²) in [6.07, 6.45) is 1.14. The van der Waals surface area contributed by atoms with Gasteiger partial charge in [0, 0.05) is 52.8 Å². The van der Waals surface area contributed by atoms with Crippen LogP contribution in [0.1, 0.15) is 23.6 Å². The van der Waals surface area contributed by atoms with Crippen molar-refractivity contribution in [3.05, 3.63) is 35.4 Å². The minimum absolute atomic E-state index is 0. The number of halogens is 1. The van der Waals surface area contributed by atoms with Gasteiger partial charge in [-0.15, -0.1) is 24.0 Å². The second-order valence-corrected chi connectivity index (χ2v) is 7.62. The van der Waals surface area contributed by atoms with Gasteiger partial charge in [0.15, 0.2) is 5.96 Å². The van der Waals surface area contributed by atoms with Crippen LogP contribution in [0.3, 0.4) is 0 Å². The highest BCUT2D eigenvalue weighted by molar-refractivity contribution is 14.0. The lowest BCUT2D eigenvalue weighted by atomic mass is 10.0. The van der Waals surface area contributed by atoms with Crippen molar-refractivity contribution < 1.29 is 9.47 Å². The second-order valence-electron chi connectivity index (χ2n) is 7.62. The van der Waals surface area contributed by atoms with Crippen LogP contribution in [0, 0.1) is 12.8 Å². The molecule has 158 valence electrons. The molecule has 1 aromatic carbocycles. The Morgan fingerprint density at radius 1 is 1.29 bits per heavy atom. The van der Waals surface area contributed by atoms with Crippen molar-refractivity contribution in [2.45, 2.75) is 19.4 Å². The maximum atomic E-state index is 5.56. The molecule has 28 heavy (non-hydrogen) atoms. The van der Waals surface area contributed by atoms with E-state index in [1.54, 1.807) is 0 Å². The molecule has 0 aliphatic carbocycles. The van der Waals surface area contributed by atoms with E-state index in [1.165, 1.54) is 11.1 Å². The molecule has 2 atom stereocenters. The molecule has 0 amide bonds. The van der Waals surface area contributed by atoms with Gasteiger partial charge in [-0.3, -0.25) is 9.89 Å². The molecule has 2 aliphatic rings. The van der Waals surface area contributed by atoms with Crippen molar-refractivity contribution in [2.24, 2.45) is 10.9 Å². The number of benzene rings is 1. The first-order valence-corrected chi connectivity index (χ1v) is 10.0. The van der Waals surface area contributed by atoms with Crippen molar-refractivity contribution in [3.63, 3.8) is 0 Å². The quantitative estimate of drug-likeness (QED) is 0.368. The first-order valence-electron chi connectivity index (χ1n) is 10.0. The van der Waals surface area contributed by atoms with Crippen LogP contribution in [0.4, 0.5) is 0 Å². The van der Waals surface area contributed by atoms with E-state index in [4.69, 9.17) is 9.47 Å². The SMILES string of the molecule is CN=C(NCC(c1cccc(C)c1)N1CCOCC1)N(C)CC1CCOC1.I. The Labute approximate surface area is 186 Å². The fourth-order valence-corrected chi connectivity index (χ4v) is 4.00. The summed E-state index contributed by atoms with van der Waals surface area (Å²) >= 11 is 0. The average molecular weight is 502 g/mol. The lowest BCUT2D eigenvalue weighted by Crippen LogP contribution is -2.47. The van der Waals surface area contributed by atoms with Crippen LogP contribution >= 0.6 is 24.0 Å². The van der Waals surface area contributed by atoms with Crippen LogP contribution < -0.4 is 5.32 Å². The number of hydrogen-bond donors (Lipinski definition) is 1. The number of guanidine groups is 1. The van der Waals surface area contributed by atoms with E-state index in [0.29, 0.717) is 12.0 Å². The maximum Gasteiger partial charge on any atom is 0.193 e. The van der Waals surface area contributed by atoms with Gasteiger partial charge >= 0.3 is 0 Å². The van der Waals surface area contributed by atoms with E-state index in [2.05, 4.69) is 58.3 Å². The molecule has 2 unspecified atom stereocenters. The number of aryl methyl sites for hydroxylation is 1. The van der Waals surface area contributed by atoms with Crippen LogP contribution in [0.2, 0.25) is 0 Å². The average Bonchev–Trinajstić information content (AvgIpc) is 3.19. The van der Waals surface area contributed by atoms with E-state index in [0.717, 1.165) is 65.0 Å². The normalized spacial score (nSPS) is 21.8. The largest absolute Gasteiger partial charge is 0.381 e. The number of nitrogens with one attached hydrogen (secondary N) is 1. The highest BCUT2D eigenvalue weighted by Crippen LogP contribution is 2.22. The third kappa shape index (κ3) is 6.57. The molecule has 2 saturated heterocycles. The molecule has 2 fully saturated rings. The van der Waals surface area contributed by atoms with Crippen LogP contribution in [-0.4, -0.2) is 82.5 Å². The topological polar surface area (TPSA) is 49.3 Å². The van der Waals surface area contributed by atoms with Gasteiger partial charge in [0.25, 0.3) is 0 Å². The Morgan fingerprint density at radius 2 is 2.07 bits per heavy atom. The zero-order valence-electron chi connectivity index (χ0n) is 17.4. The summed E-state index contributed by atoms with van der Waals surface area (Å²) in [7, 11) is 3.98. The Morgan fingerprint density at radius 3 is 2.71 bits per heavy atom. The minimum Gasteiger partial charge on any atom is -0.381 e. The lowest BCUT2D eigenvalue weighted by Gasteiger charge is -2.36. The molecule has 0 aromatic heterocycles. The van der Waals surface area contributed by atoms with Gasteiger partial charge in [0.2, 0.25) is 0 Å². The van der Waals surface area contributed by atoms with Crippen LogP contribution in [0.25, 0.3) is 0 Å². The molecule has 2 heterocycles. The van der Waals surface area contributed by atoms with E-state index < -0.39 is 0 Å². The van der Waals surface area contributed by atoms with Gasteiger partial charge in [-0.05, 0) is 18.9 Å². The van der Waals surface area contributed by atoms with Gasteiger partial charge in [0.1, 0.15) is 0 Å². The van der Waals surface area contributed by atoms with E-state index in [-0.39, 0.29) is 24.0 Å². The van der Waals surface area contributed by atoms with Crippen molar-refractivity contribution in [2.75, 3.05) is 66.7 Å². The number of morpholine rings is 1. The van der Waals surface area contributed by atoms with Crippen LogP contribution in [0.5, 0.6) is 0 Å². The zero-order valence-corrected chi connectivity index (χ0v) is 19.7. The fraction of sp³-hybridized carbons (Fsp3) is 0.667. The molecule has 2 aliphatic heterocycles. The second kappa shape index (κ2) is 11.9. The summed E-state index contributed by atoms with van der Waals surface area (Å²) in [5, 5.41) is 3.61. The van der Waals surface area contributed by atoms with Gasteiger partial charge in [-0.1, -0.05) is 29.8 Å². The molecular weight excluding hydrogens is 467 g/mol. The zero-order chi connectivity index (χ0) is 19.1. The molecule has 3 rings (SSSR count). The molecule has 0 spiro atoms. The molecule has 1 N–H and O–H groups in total. The summed E-state index contributed by atoms with van der Waals surface area (Å²) in [6.45, 7) is 9.26. The first kappa shape index (κ1) is 23.4. The summed E-state index contributed by atoms with van der Waals surface area (Å²) in [5.41, 5.74) is 2.65. The molecular formula is C21H35IN4O2. The summed E-state index contributed by atoms with van der Waals surface area (Å²) < 4.78 is 11.1. The predicted octanol–water partition coefficient (Wildman–Crippen LogP) is 2.53. The number of nitrogens with zero attached hydrogens (tertiary/aromatic N) is 3. The van der Waals surface area contributed by atoms with Gasteiger partial charge in [-0.25, -0.2) is 0 Å². The Hall–Kier alpha value is -0.900. The Balaban J connectivity index is 0.00000280. The molecule has 0 bridgehead atoms. The highest BCUT2D eigenvalue weighted by atomic mass is 127. The van der Waals surface area contributed by atoms with Crippen molar-refractivity contribution in [1.29, 1.82) is 0 Å². The molecule has 0 radical (unpaired) electrons. The first-order chi connectivity index (χ1) is 13.2. The number of hydrogen-bond acceptors (Lipinski definition) is 4. The lowest BCUT2D eigenvalue weighted by molar-refractivity contribution is 0.0169. The van der Waals surface area contributed by atoms with Crippen LogP contribution in [-0.2, 0) is 9.47 Å². The Kier molecular flexibility index (Phi) is 9.98. The standard InChI is InChI=1S/C21H34N4O2.HI/c1-17-5-4-6-19(13-17)20(25-8-11-26-12-9-25)14-23-21(22-2)24(3)15-18-7-10-27-16-18;/h4-6,13,18,20H,7-12,14-16H2,1-3H3,(H,22,23);1H. The molecule has 7 heteroatoms. The molecule has 0 saturated carbocycles. The van der Waals surface area contributed by atoms with E-state index in [1.807, 2.05) is 7.05 Å².